The highest BCUT2D eigenvalue weighted by atomic mass is 19.1. The Morgan fingerprint density at radius 2 is 2.11 bits per heavy atom. The molecule has 2 aliphatic rings. The van der Waals surface area contributed by atoms with E-state index in [-0.39, 0.29) is 11.2 Å². The molecule has 5 heteroatoms. The standard InChI is InChI=1S/C14H13FN4/c15-11-4-12(7-16-6-11)19-8-10-5-14(10,9-19)13-17-2-1-3-18-13/h1-4,6-7,10H,5,8-9H2. The van der Waals surface area contributed by atoms with Crippen molar-refractivity contribution in [3.63, 3.8) is 0 Å². The van der Waals surface area contributed by atoms with Crippen molar-refractivity contribution in [1.29, 1.82) is 0 Å². The van der Waals surface area contributed by atoms with Gasteiger partial charge in [0.1, 0.15) is 11.6 Å². The summed E-state index contributed by atoms with van der Waals surface area (Å²) in [6, 6.07) is 3.37. The fourth-order valence-electron chi connectivity index (χ4n) is 3.16. The molecule has 96 valence electrons. The predicted octanol–water partition coefficient (Wildman–Crippen LogP) is 1.79. The molecule has 2 aromatic heterocycles. The Morgan fingerprint density at radius 1 is 1.26 bits per heavy atom. The average molecular weight is 256 g/mol. The normalized spacial score (nSPS) is 28.3. The van der Waals surface area contributed by atoms with E-state index >= 15 is 0 Å². The van der Waals surface area contributed by atoms with E-state index < -0.39 is 0 Å². The van der Waals surface area contributed by atoms with E-state index in [1.54, 1.807) is 18.6 Å². The maximum Gasteiger partial charge on any atom is 0.143 e. The predicted molar refractivity (Wildman–Crippen MR) is 68.2 cm³/mol. The Balaban J connectivity index is 1.62. The van der Waals surface area contributed by atoms with Crippen molar-refractivity contribution in [2.75, 3.05) is 18.0 Å². The summed E-state index contributed by atoms with van der Waals surface area (Å²) < 4.78 is 13.2. The first-order valence-corrected chi connectivity index (χ1v) is 6.41. The minimum Gasteiger partial charge on any atom is -0.369 e. The van der Waals surface area contributed by atoms with Gasteiger partial charge in [-0.25, -0.2) is 14.4 Å². The van der Waals surface area contributed by atoms with Crippen LogP contribution in [-0.2, 0) is 5.41 Å². The molecule has 2 unspecified atom stereocenters. The fraction of sp³-hybridized carbons (Fsp3) is 0.357. The third-order valence-electron chi connectivity index (χ3n) is 4.21. The van der Waals surface area contributed by atoms with Gasteiger partial charge < -0.3 is 4.90 Å². The summed E-state index contributed by atoms with van der Waals surface area (Å²) in [5.41, 5.74) is 0.927. The van der Waals surface area contributed by atoms with Gasteiger partial charge in [-0.2, -0.15) is 0 Å². The molecule has 0 aromatic carbocycles. The second-order valence-corrected chi connectivity index (χ2v) is 5.37. The van der Waals surface area contributed by atoms with Crippen LogP contribution in [0.15, 0.2) is 36.9 Å². The van der Waals surface area contributed by atoms with Gasteiger partial charge in [-0.15, -0.1) is 0 Å². The summed E-state index contributed by atoms with van der Waals surface area (Å²) in [4.78, 5) is 14.9. The van der Waals surface area contributed by atoms with Crippen LogP contribution in [0.3, 0.4) is 0 Å². The van der Waals surface area contributed by atoms with Crippen LogP contribution >= 0.6 is 0 Å². The molecule has 0 amide bonds. The maximum atomic E-state index is 13.2. The summed E-state index contributed by atoms with van der Waals surface area (Å²) in [7, 11) is 0. The van der Waals surface area contributed by atoms with Crippen molar-refractivity contribution in [3.05, 3.63) is 48.6 Å². The minimum atomic E-state index is -0.289. The highest BCUT2D eigenvalue weighted by molar-refractivity contribution is 5.50. The highest BCUT2D eigenvalue weighted by Gasteiger charge is 2.62. The van der Waals surface area contributed by atoms with Gasteiger partial charge in [-0.3, -0.25) is 4.98 Å². The lowest BCUT2D eigenvalue weighted by atomic mass is 10.1. The zero-order chi connectivity index (χ0) is 12.9. The quantitative estimate of drug-likeness (QED) is 0.821. The topological polar surface area (TPSA) is 41.9 Å². The molecule has 1 aliphatic carbocycles. The molecule has 0 bridgehead atoms. The fourth-order valence-corrected chi connectivity index (χ4v) is 3.16. The van der Waals surface area contributed by atoms with Crippen LogP contribution in [-0.4, -0.2) is 28.0 Å². The number of anilines is 1. The molecule has 0 N–H and O–H groups in total. The SMILES string of the molecule is Fc1cncc(N2CC3CC3(c3ncccn3)C2)c1. The zero-order valence-corrected chi connectivity index (χ0v) is 10.3. The molecule has 2 fully saturated rings. The van der Waals surface area contributed by atoms with Gasteiger partial charge in [0.2, 0.25) is 0 Å². The van der Waals surface area contributed by atoms with Crippen molar-refractivity contribution in [1.82, 2.24) is 15.0 Å². The Bertz CT molecular complexity index is 618. The second-order valence-electron chi connectivity index (χ2n) is 5.37. The van der Waals surface area contributed by atoms with Crippen molar-refractivity contribution >= 4 is 5.69 Å². The number of halogens is 1. The van der Waals surface area contributed by atoms with Gasteiger partial charge in [0.05, 0.1) is 23.5 Å². The third-order valence-corrected chi connectivity index (χ3v) is 4.21. The molecule has 1 saturated carbocycles. The van der Waals surface area contributed by atoms with Crippen LogP contribution in [0.2, 0.25) is 0 Å². The third kappa shape index (κ3) is 1.61. The summed E-state index contributed by atoms with van der Waals surface area (Å²) in [5, 5.41) is 0. The molecule has 0 radical (unpaired) electrons. The Labute approximate surface area is 110 Å². The van der Waals surface area contributed by atoms with Crippen LogP contribution in [0.5, 0.6) is 0 Å². The zero-order valence-electron chi connectivity index (χ0n) is 10.3. The number of fused-ring (bicyclic) bond motifs is 1. The Kier molecular flexibility index (Phi) is 2.13. The van der Waals surface area contributed by atoms with Crippen molar-refractivity contribution < 1.29 is 4.39 Å². The van der Waals surface area contributed by atoms with Gasteiger partial charge in [0.25, 0.3) is 0 Å². The highest BCUT2D eigenvalue weighted by Crippen LogP contribution is 2.58. The van der Waals surface area contributed by atoms with E-state index in [2.05, 4.69) is 19.9 Å². The van der Waals surface area contributed by atoms with E-state index in [1.165, 1.54) is 12.3 Å². The van der Waals surface area contributed by atoms with Crippen molar-refractivity contribution in [2.24, 2.45) is 5.92 Å². The second kappa shape index (κ2) is 3.73. The van der Waals surface area contributed by atoms with Gasteiger partial charge in [0, 0.05) is 31.5 Å². The molecule has 2 atom stereocenters. The molecule has 4 nitrogen and oxygen atoms in total. The number of hydrogen-bond donors (Lipinski definition) is 0. The number of hydrogen-bond acceptors (Lipinski definition) is 4. The largest absolute Gasteiger partial charge is 0.369 e. The van der Waals surface area contributed by atoms with Crippen molar-refractivity contribution in [3.8, 4) is 0 Å². The lowest BCUT2D eigenvalue weighted by molar-refractivity contribution is 0.618. The summed E-state index contributed by atoms with van der Waals surface area (Å²) >= 11 is 0. The average Bonchev–Trinajstić information content (AvgIpc) is 3.02. The summed E-state index contributed by atoms with van der Waals surface area (Å²) in [5.74, 6) is 1.22. The first-order chi connectivity index (χ1) is 9.28. The number of piperidine rings is 1. The number of rotatable bonds is 2. The molecule has 4 rings (SSSR count). The van der Waals surface area contributed by atoms with E-state index in [0.717, 1.165) is 31.0 Å². The number of aromatic nitrogens is 3. The molecular weight excluding hydrogens is 243 g/mol. The van der Waals surface area contributed by atoms with Gasteiger partial charge >= 0.3 is 0 Å². The first kappa shape index (κ1) is 10.8. The monoisotopic (exact) mass is 256 g/mol. The molecular formula is C14H13FN4. The maximum absolute atomic E-state index is 13.2. The summed E-state index contributed by atoms with van der Waals surface area (Å²) in [6.45, 7) is 1.79. The molecule has 3 heterocycles. The lowest BCUT2D eigenvalue weighted by Crippen LogP contribution is -2.27. The van der Waals surface area contributed by atoms with Gasteiger partial charge in [-0.05, 0) is 18.4 Å². The smallest absolute Gasteiger partial charge is 0.143 e. The van der Waals surface area contributed by atoms with E-state index in [9.17, 15) is 4.39 Å². The Hall–Kier alpha value is -2.04. The number of nitrogens with zero attached hydrogens (tertiary/aromatic N) is 4. The van der Waals surface area contributed by atoms with E-state index in [0.29, 0.717) is 5.92 Å². The van der Waals surface area contributed by atoms with Crippen LogP contribution < -0.4 is 4.90 Å². The van der Waals surface area contributed by atoms with Crippen LogP contribution in [0.25, 0.3) is 0 Å². The molecule has 1 saturated heterocycles. The molecule has 2 aromatic rings. The van der Waals surface area contributed by atoms with Crippen LogP contribution in [0.4, 0.5) is 10.1 Å². The number of pyridine rings is 1. The van der Waals surface area contributed by atoms with E-state index in [4.69, 9.17) is 0 Å². The van der Waals surface area contributed by atoms with Crippen LogP contribution in [0.1, 0.15) is 12.2 Å². The summed E-state index contributed by atoms with van der Waals surface area (Å²) in [6.07, 6.45) is 7.66. The minimum absolute atomic E-state index is 0.0770. The van der Waals surface area contributed by atoms with Crippen LogP contribution in [0, 0.1) is 11.7 Å². The molecule has 1 aliphatic heterocycles. The van der Waals surface area contributed by atoms with Gasteiger partial charge in [0.15, 0.2) is 0 Å². The molecule has 0 spiro atoms. The van der Waals surface area contributed by atoms with Crippen molar-refractivity contribution in [2.45, 2.75) is 11.8 Å². The lowest BCUT2D eigenvalue weighted by Gasteiger charge is -2.22. The van der Waals surface area contributed by atoms with E-state index in [1.807, 2.05) is 6.07 Å². The van der Waals surface area contributed by atoms with Gasteiger partial charge in [-0.1, -0.05) is 0 Å². The molecule has 19 heavy (non-hydrogen) atoms. The Morgan fingerprint density at radius 3 is 2.89 bits per heavy atom. The first-order valence-electron chi connectivity index (χ1n) is 6.41.